The number of nitrogens with one attached hydrogen (secondary N) is 1. The van der Waals surface area contributed by atoms with Crippen LogP contribution in [0.25, 0.3) is 0 Å². The van der Waals surface area contributed by atoms with Crippen molar-refractivity contribution in [2.45, 2.75) is 65.1 Å². The zero-order chi connectivity index (χ0) is 23.7. The van der Waals surface area contributed by atoms with Gasteiger partial charge in [-0.05, 0) is 42.5 Å². The maximum Gasteiger partial charge on any atom is 0.323 e. The number of carbonyl (C=O) groups is 2. The molecule has 0 unspecified atom stereocenters. The number of rotatable bonds is 13. The predicted octanol–water partition coefficient (Wildman–Crippen LogP) is 4.58. The number of benzene rings is 1. The van der Waals surface area contributed by atoms with Gasteiger partial charge in [0.15, 0.2) is 0 Å². The van der Waals surface area contributed by atoms with Crippen LogP contribution in [0.15, 0.2) is 30.7 Å². The van der Waals surface area contributed by atoms with Gasteiger partial charge in [0.25, 0.3) is 0 Å². The first-order valence-electron chi connectivity index (χ1n) is 10.8. The third-order valence-electron chi connectivity index (χ3n) is 4.92. The summed E-state index contributed by atoms with van der Waals surface area (Å²) in [6.45, 7) is 6.65. The van der Waals surface area contributed by atoms with Crippen LogP contribution in [0.3, 0.4) is 0 Å². The Morgan fingerprint density at radius 2 is 1.88 bits per heavy atom. The predicted molar refractivity (Wildman–Crippen MR) is 125 cm³/mol. The van der Waals surface area contributed by atoms with Crippen molar-refractivity contribution in [3.8, 4) is 0 Å². The molecule has 0 amide bonds. The average Bonchev–Trinajstić information content (AvgIpc) is 3.12. The van der Waals surface area contributed by atoms with E-state index in [1.165, 1.54) is 0 Å². The first-order chi connectivity index (χ1) is 15.2. The van der Waals surface area contributed by atoms with E-state index in [0.717, 1.165) is 24.1 Å². The van der Waals surface area contributed by atoms with Gasteiger partial charge < -0.3 is 14.4 Å². The lowest BCUT2D eigenvalue weighted by molar-refractivity contribution is -0.147. The smallest absolute Gasteiger partial charge is 0.323 e. The van der Waals surface area contributed by atoms with Gasteiger partial charge in [-0.1, -0.05) is 50.4 Å². The number of halogens is 2. The molecule has 0 saturated carbocycles. The lowest BCUT2D eigenvalue weighted by Crippen LogP contribution is -2.49. The fraction of sp³-hybridized carbons (Fsp3) is 0.522. The van der Waals surface area contributed by atoms with E-state index in [4.69, 9.17) is 27.9 Å². The second-order valence-corrected chi connectivity index (χ2v) is 9.13. The minimum absolute atomic E-state index is 0.151. The first kappa shape index (κ1) is 26.2. The number of esters is 1. The molecule has 9 heteroatoms. The van der Waals surface area contributed by atoms with Crippen LogP contribution in [0.1, 0.15) is 51.3 Å². The Morgan fingerprint density at radius 1 is 1.19 bits per heavy atom. The summed E-state index contributed by atoms with van der Waals surface area (Å²) >= 11 is 12.2. The van der Waals surface area contributed by atoms with Crippen LogP contribution in [0, 0.1) is 5.92 Å². The molecule has 0 saturated heterocycles. The van der Waals surface area contributed by atoms with Gasteiger partial charge in [-0.2, -0.15) is 0 Å². The molecule has 0 aliphatic carbocycles. The minimum Gasteiger partial charge on any atom is -0.480 e. The van der Waals surface area contributed by atoms with Crippen molar-refractivity contribution >= 4 is 35.1 Å². The van der Waals surface area contributed by atoms with Crippen molar-refractivity contribution in [2.75, 3.05) is 6.61 Å². The molecule has 0 bridgehead atoms. The quantitative estimate of drug-likeness (QED) is 0.319. The molecule has 7 nitrogen and oxygen atoms in total. The molecule has 2 N–H and O–H groups in total. The molecule has 0 fully saturated rings. The number of ether oxygens (including phenoxy) is 1. The summed E-state index contributed by atoms with van der Waals surface area (Å²) in [7, 11) is 0. The molecule has 2 atom stereocenters. The number of unbranched alkanes of at least 4 members (excludes halogenated alkanes) is 1. The molecule has 2 rings (SSSR count). The lowest BCUT2D eigenvalue weighted by atomic mass is 10.0. The maximum absolute atomic E-state index is 12.8. The molecule has 1 aromatic carbocycles. The summed E-state index contributed by atoms with van der Waals surface area (Å²) in [4.78, 5) is 28.8. The van der Waals surface area contributed by atoms with Crippen LogP contribution in [0.2, 0.25) is 10.0 Å². The highest BCUT2D eigenvalue weighted by atomic mass is 35.5. The second-order valence-electron chi connectivity index (χ2n) is 8.26. The molecule has 32 heavy (non-hydrogen) atoms. The van der Waals surface area contributed by atoms with Gasteiger partial charge in [-0.15, -0.1) is 0 Å². The zero-order valence-electron chi connectivity index (χ0n) is 18.7. The molecular weight excluding hydrogens is 453 g/mol. The number of hydrogen-bond acceptors (Lipinski definition) is 5. The van der Waals surface area contributed by atoms with E-state index in [2.05, 4.69) is 10.3 Å². The highest BCUT2D eigenvalue weighted by Gasteiger charge is 2.29. The van der Waals surface area contributed by atoms with Gasteiger partial charge in [0.2, 0.25) is 0 Å². The van der Waals surface area contributed by atoms with E-state index >= 15 is 0 Å². The van der Waals surface area contributed by atoms with Crippen LogP contribution in [0.5, 0.6) is 0 Å². The number of carboxylic acids is 1. The van der Waals surface area contributed by atoms with Gasteiger partial charge in [0, 0.05) is 34.9 Å². The molecule has 0 aliphatic rings. The number of imidazole rings is 1. The Kier molecular flexibility index (Phi) is 10.5. The van der Waals surface area contributed by atoms with Gasteiger partial charge in [-0.25, -0.2) is 4.98 Å². The minimum atomic E-state index is -0.993. The van der Waals surface area contributed by atoms with Crippen molar-refractivity contribution in [1.82, 2.24) is 14.9 Å². The monoisotopic (exact) mass is 483 g/mol. The van der Waals surface area contributed by atoms with E-state index in [1.54, 1.807) is 18.6 Å². The second kappa shape index (κ2) is 12.8. The van der Waals surface area contributed by atoms with Gasteiger partial charge in [0.1, 0.15) is 12.1 Å². The van der Waals surface area contributed by atoms with E-state index in [-0.39, 0.29) is 12.3 Å². The topological polar surface area (TPSA) is 93.5 Å². The third-order valence-corrected chi connectivity index (χ3v) is 5.36. The number of aromatic nitrogens is 2. The fourth-order valence-corrected chi connectivity index (χ4v) is 3.92. The number of carbonyl (C=O) groups excluding carboxylic acids is 1. The summed E-state index contributed by atoms with van der Waals surface area (Å²) in [5, 5.41) is 13.7. The largest absolute Gasteiger partial charge is 0.480 e. The van der Waals surface area contributed by atoms with Gasteiger partial charge in [-0.3, -0.25) is 14.9 Å². The molecule has 2 aromatic rings. The highest BCUT2D eigenvalue weighted by molar-refractivity contribution is 6.34. The first-order valence-corrected chi connectivity index (χ1v) is 11.5. The molecule has 0 spiro atoms. The van der Waals surface area contributed by atoms with E-state index in [0.29, 0.717) is 29.6 Å². The fourth-order valence-electron chi connectivity index (χ4n) is 3.35. The molecule has 176 valence electrons. The highest BCUT2D eigenvalue weighted by Crippen LogP contribution is 2.20. The zero-order valence-corrected chi connectivity index (χ0v) is 20.2. The normalized spacial score (nSPS) is 13.2. The number of carboxylic acid groups (broad SMARTS) is 1. The Labute approximate surface area is 199 Å². The number of aliphatic carboxylic acids is 1. The summed E-state index contributed by atoms with van der Waals surface area (Å²) < 4.78 is 7.29. The van der Waals surface area contributed by atoms with Crippen LogP contribution in [0.4, 0.5) is 0 Å². The summed E-state index contributed by atoms with van der Waals surface area (Å²) in [6, 6.07) is 3.62. The molecular formula is C23H31Cl2N3O4. The van der Waals surface area contributed by atoms with Crippen LogP contribution in [-0.4, -0.2) is 45.3 Å². The summed E-state index contributed by atoms with van der Waals surface area (Å²) in [6.07, 6.45) is 5.60. The van der Waals surface area contributed by atoms with Crippen molar-refractivity contribution < 1.29 is 19.4 Å². The standard InChI is InChI=1S/C23H31Cl2N3O4/c1-4-5-6-32-23(31)21(27-20(22(29)30)7-15(2)3)11-19-12-26-14-28(19)13-16-8-17(24)10-18(25)9-16/h8-10,12,14-15,20-21,27H,4-7,11,13H2,1-3H3,(H,29,30)/t20-,21+/m1/s1. The van der Waals surface area contributed by atoms with E-state index in [1.807, 2.05) is 37.5 Å². The SMILES string of the molecule is CCCCOC(=O)[C@H](Cc1cncn1Cc1cc(Cl)cc(Cl)c1)N[C@H](CC(C)C)C(=O)O. The van der Waals surface area contributed by atoms with Crippen molar-refractivity contribution in [3.63, 3.8) is 0 Å². The Hall–Kier alpha value is -2.09. The maximum atomic E-state index is 12.8. The third kappa shape index (κ3) is 8.45. The average molecular weight is 484 g/mol. The Balaban J connectivity index is 2.22. The molecule has 0 aliphatic heterocycles. The Morgan fingerprint density at radius 3 is 2.47 bits per heavy atom. The summed E-state index contributed by atoms with van der Waals surface area (Å²) in [5.41, 5.74) is 1.65. The number of hydrogen-bond donors (Lipinski definition) is 2. The molecule has 1 heterocycles. The molecule has 0 radical (unpaired) electrons. The van der Waals surface area contributed by atoms with Crippen LogP contribution >= 0.6 is 23.2 Å². The Bertz CT molecular complexity index is 881. The summed E-state index contributed by atoms with van der Waals surface area (Å²) in [5.74, 6) is -1.31. The van der Waals surface area contributed by atoms with E-state index in [9.17, 15) is 14.7 Å². The van der Waals surface area contributed by atoms with Crippen molar-refractivity contribution in [2.24, 2.45) is 5.92 Å². The van der Waals surface area contributed by atoms with E-state index < -0.39 is 24.0 Å². The van der Waals surface area contributed by atoms with Crippen molar-refractivity contribution in [1.29, 1.82) is 0 Å². The van der Waals surface area contributed by atoms with Gasteiger partial charge in [0.05, 0.1) is 12.9 Å². The van der Waals surface area contributed by atoms with Gasteiger partial charge >= 0.3 is 11.9 Å². The van der Waals surface area contributed by atoms with Crippen molar-refractivity contribution in [3.05, 3.63) is 52.0 Å². The molecule has 1 aromatic heterocycles. The number of nitrogens with zero attached hydrogens (tertiary/aromatic N) is 2. The van der Waals surface area contributed by atoms with Crippen LogP contribution in [-0.2, 0) is 27.3 Å². The van der Waals surface area contributed by atoms with Crippen LogP contribution < -0.4 is 5.32 Å². The lowest BCUT2D eigenvalue weighted by Gasteiger charge is -2.24.